The first-order chi connectivity index (χ1) is 12.4. The molecule has 2 rings (SSSR count). The number of amides is 3. The van der Waals surface area contributed by atoms with Gasteiger partial charge in [-0.05, 0) is 42.0 Å². The molecule has 0 saturated heterocycles. The third-order valence-corrected chi connectivity index (χ3v) is 3.61. The first kappa shape index (κ1) is 19.1. The highest BCUT2D eigenvalue weighted by atomic mass is 19.1. The quantitative estimate of drug-likeness (QED) is 0.824. The molecule has 0 spiro atoms. The highest BCUT2D eigenvalue weighted by Crippen LogP contribution is 2.06. The summed E-state index contributed by atoms with van der Waals surface area (Å²) in [5.41, 5.74) is 1.68. The van der Waals surface area contributed by atoms with E-state index in [1.54, 1.807) is 38.4 Å². The van der Waals surface area contributed by atoms with Crippen molar-refractivity contribution < 1.29 is 18.8 Å². The summed E-state index contributed by atoms with van der Waals surface area (Å²) < 4.78 is 12.8. The number of hydrogen-bond donors (Lipinski definition) is 2. The first-order valence-electron chi connectivity index (χ1n) is 7.98. The molecule has 2 aromatic carbocycles. The van der Waals surface area contributed by atoms with Gasteiger partial charge in [-0.25, -0.2) is 4.39 Å². The van der Waals surface area contributed by atoms with E-state index < -0.39 is 11.7 Å². The molecular weight excluding hydrogens is 337 g/mol. The Morgan fingerprint density at radius 1 is 0.885 bits per heavy atom. The molecule has 0 atom stereocenters. The number of carbonyl (C=O) groups is 3. The lowest BCUT2D eigenvalue weighted by Crippen LogP contribution is -2.36. The molecule has 0 bridgehead atoms. The highest BCUT2D eigenvalue weighted by molar-refractivity contribution is 5.96. The number of hydrogen-bond acceptors (Lipinski definition) is 3. The molecule has 6 nitrogen and oxygen atoms in total. The van der Waals surface area contributed by atoms with Crippen molar-refractivity contribution in [3.63, 3.8) is 0 Å². The summed E-state index contributed by atoms with van der Waals surface area (Å²) in [5.74, 6) is -1.33. The fourth-order valence-corrected chi connectivity index (χ4v) is 2.15. The van der Waals surface area contributed by atoms with Gasteiger partial charge in [0.05, 0.1) is 6.54 Å². The van der Waals surface area contributed by atoms with Crippen molar-refractivity contribution in [1.29, 1.82) is 0 Å². The fraction of sp³-hybridized carbons (Fsp3) is 0.211. The Kier molecular flexibility index (Phi) is 6.43. The summed E-state index contributed by atoms with van der Waals surface area (Å²) in [6.45, 7) is 0.0924. The molecular formula is C19H20FN3O3. The van der Waals surface area contributed by atoms with Crippen LogP contribution in [-0.2, 0) is 11.3 Å². The number of benzene rings is 2. The van der Waals surface area contributed by atoms with Crippen molar-refractivity contribution in [1.82, 2.24) is 15.5 Å². The van der Waals surface area contributed by atoms with Crippen molar-refractivity contribution in [2.75, 3.05) is 20.6 Å². The molecule has 0 saturated carbocycles. The van der Waals surface area contributed by atoms with Crippen LogP contribution in [0.4, 0.5) is 4.39 Å². The van der Waals surface area contributed by atoms with Gasteiger partial charge in [-0.1, -0.05) is 12.1 Å². The number of nitrogens with one attached hydrogen (secondary N) is 2. The molecule has 2 aromatic rings. The molecule has 136 valence electrons. The minimum atomic E-state index is -0.452. The lowest BCUT2D eigenvalue weighted by Gasteiger charge is -2.11. The number of nitrogens with zero attached hydrogens (tertiary/aromatic N) is 1. The van der Waals surface area contributed by atoms with Gasteiger partial charge < -0.3 is 15.5 Å². The maximum atomic E-state index is 12.8. The van der Waals surface area contributed by atoms with Gasteiger partial charge >= 0.3 is 0 Å². The average molecular weight is 357 g/mol. The third kappa shape index (κ3) is 5.41. The van der Waals surface area contributed by atoms with Crippen LogP contribution in [0.1, 0.15) is 26.3 Å². The predicted molar refractivity (Wildman–Crippen MR) is 95.0 cm³/mol. The van der Waals surface area contributed by atoms with Crippen LogP contribution < -0.4 is 10.6 Å². The Morgan fingerprint density at radius 3 is 2.04 bits per heavy atom. The SMILES string of the molecule is CN(C)C(=O)c1ccc(CNC(=O)CNC(=O)c2ccc(F)cc2)cc1. The molecule has 2 N–H and O–H groups in total. The summed E-state index contributed by atoms with van der Waals surface area (Å²) in [5, 5.41) is 5.14. The van der Waals surface area contributed by atoms with E-state index in [1.165, 1.54) is 29.2 Å². The van der Waals surface area contributed by atoms with Gasteiger partial charge in [0.1, 0.15) is 5.82 Å². The Balaban J connectivity index is 1.78. The van der Waals surface area contributed by atoms with Gasteiger partial charge in [0.15, 0.2) is 0 Å². The first-order valence-corrected chi connectivity index (χ1v) is 7.98. The molecule has 0 unspecified atom stereocenters. The second kappa shape index (κ2) is 8.75. The summed E-state index contributed by atoms with van der Waals surface area (Å²) >= 11 is 0. The monoisotopic (exact) mass is 357 g/mol. The largest absolute Gasteiger partial charge is 0.350 e. The van der Waals surface area contributed by atoms with E-state index in [1.807, 2.05) is 0 Å². The van der Waals surface area contributed by atoms with Gasteiger partial charge in [-0.2, -0.15) is 0 Å². The lowest BCUT2D eigenvalue weighted by molar-refractivity contribution is -0.120. The summed E-state index contributed by atoms with van der Waals surface area (Å²) in [7, 11) is 3.35. The standard InChI is InChI=1S/C19H20FN3O3/c1-23(2)19(26)15-5-3-13(4-6-15)11-21-17(24)12-22-18(25)14-7-9-16(20)10-8-14/h3-10H,11-12H2,1-2H3,(H,21,24)(H,22,25). The normalized spacial score (nSPS) is 10.1. The molecule has 0 aliphatic rings. The average Bonchev–Trinajstić information content (AvgIpc) is 2.64. The fourth-order valence-electron chi connectivity index (χ4n) is 2.15. The lowest BCUT2D eigenvalue weighted by atomic mass is 10.1. The van der Waals surface area contributed by atoms with E-state index in [2.05, 4.69) is 10.6 Å². The molecule has 0 aliphatic carbocycles. The Labute approximate surface area is 151 Å². The zero-order chi connectivity index (χ0) is 19.1. The number of rotatable bonds is 6. The van der Waals surface area contributed by atoms with E-state index in [4.69, 9.17) is 0 Å². The highest BCUT2D eigenvalue weighted by Gasteiger charge is 2.09. The van der Waals surface area contributed by atoms with Crippen LogP contribution in [0, 0.1) is 5.82 Å². The van der Waals surface area contributed by atoms with Gasteiger partial charge in [-0.3, -0.25) is 14.4 Å². The molecule has 0 heterocycles. The minimum Gasteiger partial charge on any atom is -0.350 e. The summed E-state index contributed by atoms with van der Waals surface area (Å²) in [6.07, 6.45) is 0. The van der Waals surface area contributed by atoms with Crippen molar-refractivity contribution >= 4 is 17.7 Å². The van der Waals surface area contributed by atoms with Crippen LogP contribution >= 0.6 is 0 Å². The van der Waals surface area contributed by atoms with E-state index in [0.29, 0.717) is 5.56 Å². The molecule has 0 fully saturated rings. The second-order valence-corrected chi connectivity index (χ2v) is 5.86. The summed E-state index contributed by atoms with van der Waals surface area (Å²) in [6, 6.07) is 12.0. The van der Waals surface area contributed by atoms with Gasteiger partial charge in [0.25, 0.3) is 11.8 Å². The van der Waals surface area contributed by atoms with Gasteiger partial charge in [-0.15, -0.1) is 0 Å². The van der Waals surface area contributed by atoms with E-state index in [9.17, 15) is 18.8 Å². The van der Waals surface area contributed by atoms with Crippen molar-refractivity contribution in [3.05, 3.63) is 71.0 Å². The van der Waals surface area contributed by atoms with Crippen LogP contribution in [0.3, 0.4) is 0 Å². The third-order valence-electron chi connectivity index (χ3n) is 3.61. The molecule has 0 aromatic heterocycles. The van der Waals surface area contributed by atoms with Crippen LogP contribution in [-0.4, -0.2) is 43.3 Å². The van der Waals surface area contributed by atoms with Crippen LogP contribution in [0.15, 0.2) is 48.5 Å². The van der Waals surface area contributed by atoms with E-state index in [-0.39, 0.29) is 30.5 Å². The van der Waals surface area contributed by atoms with Crippen LogP contribution in [0.5, 0.6) is 0 Å². The second-order valence-electron chi connectivity index (χ2n) is 5.86. The molecule has 26 heavy (non-hydrogen) atoms. The predicted octanol–water partition coefficient (Wildman–Crippen LogP) is 1.57. The topological polar surface area (TPSA) is 78.5 Å². The van der Waals surface area contributed by atoms with Crippen LogP contribution in [0.2, 0.25) is 0 Å². The van der Waals surface area contributed by atoms with Crippen molar-refractivity contribution in [2.24, 2.45) is 0 Å². The number of halogens is 1. The zero-order valence-corrected chi connectivity index (χ0v) is 14.6. The van der Waals surface area contributed by atoms with Crippen molar-refractivity contribution in [3.8, 4) is 0 Å². The Bertz CT molecular complexity index is 787. The smallest absolute Gasteiger partial charge is 0.253 e. The number of carbonyl (C=O) groups excluding carboxylic acids is 3. The van der Waals surface area contributed by atoms with Gasteiger partial charge in [0.2, 0.25) is 5.91 Å². The van der Waals surface area contributed by atoms with Crippen molar-refractivity contribution in [2.45, 2.75) is 6.54 Å². The molecule has 0 aliphatic heterocycles. The van der Waals surface area contributed by atoms with E-state index in [0.717, 1.165) is 5.56 Å². The molecule has 0 radical (unpaired) electrons. The summed E-state index contributed by atoms with van der Waals surface area (Å²) in [4.78, 5) is 37.0. The maximum absolute atomic E-state index is 12.8. The minimum absolute atomic E-state index is 0.0934. The van der Waals surface area contributed by atoms with Gasteiger partial charge in [0, 0.05) is 31.8 Å². The molecule has 7 heteroatoms. The Hall–Kier alpha value is -3.22. The zero-order valence-electron chi connectivity index (χ0n) is 14.6. The Morgan fingerprint density at radius 2 is 1.46 bits per heavy atom. The van der Waals surface area contributed by atoms with Crippen LogP contribution in [0.25, 0.3) is 0 Å². The molecule has 3 amide bonds. The van der Waals surface area contributed by atoms with E-state index >= 15 is 0 Å². The maximum Gasteiger partial charge on any atom is 0.253 e.